The first-order chi connectivity index (χ1) is 10.2. The Morgan fingerprint density at radius 3 is 2.76 bits per heavy atom. The lowest BCUT2D eigenvalue weighted by atomic mass is 9.78. The van der Waals surface area contributed by atoms with Crippen LogP contribution in [0.3, 0.4) is 0 Å². The van der Waals surface area contributed by atoms with Gasteiger partial charge in [0.15, 0.2) is 0 Å². The molecule has 1 saturated carbocycles. The molecule has 1 aromatic heterocycles. The SMILES string of the molecule is CCC1C(=O)NC2(CCCCC2)C(=O)N1Cc1ccon1. The van der Waals surface area contributed by atoms with Crippen molar-refractivity contribution in [3.8, 4) is 0 Å². The molecule has 2 heterocycles. The molecular weight excluding hydrogens is 270 g/mol. The highest BCUT2D eigenvalue weighted by molar-refractivity contribution is 5.99. The zero-order chi connectivity index (χ0) is 14.9. The minimum atomic E-state index is -0.690. The van der Waals surface area contributed by atoms with Crippen LogP contribution >= 0.6 is 0 Å². The summed E-state index contributed by atoms with van der Waals surface area (Å²) in [6, 6.07) is 1.32. The first-order valence-electron chi connectivity index (χ1n) is 7.68. The average Bonchev–Trinajstić information content (AvgIpc) is 2.99. The van der Waals surface area contributed by atoms with Crippen LogP contribution in [0.5, 0.6) is 0 Å². The third kappa shape index (κ3) is 2.43. The van der Waals surface area contributed by atoms with Crippen LogP contribution in [0, 0.1) is 0 Å². The number of carbonyl (C=O) groups is 2. The number of carbonyl (C=O) groups excluding carboxylic acids is 2. The molecule has 0 aromatic carbocycles. The number of rotatable bonds is 3. The smallest absolute Gasteiger partial charge is 0.249 e. The fraction of sp³-hybridized carbons (Fsp3) is 0.667. The van der Waals surface area contributed by atoms with Crippen LogP contribution in [-0.4, -0.2) is 33.5 Å². The first-order valence-corrected chi connectivity index (χ1v) is 7.68. The summed E-state index contributed by atoms with van der Waals surface area (Å²) in [5.74, 6) is -0.000792. The first kappa shape index (κ1) is 14.1. The standard InChI is InChI=1S/C15H21N3O3/c1-2-12-13(19)16-15(7-4-3-5-8-15)14(20)18(12)10-11-6-9-21-17-11/h6,9,12H,2-5,7-8,10H2,1H3,(H,16,19). The third-order valence-corrected chi connectivity index (χ3v) is 4.63. The number of nitrogens with one attached hydrogen (secondary N) is 1. The highest BCUT2D eigenvalue weighted by atomic mass is 16.5. The Hall–Kier alpha value is -1.85. The van der Waals surface area contributed by atoms with Crippen LogP contribution in [0.4, 0.5) is 0 Å². The Morgan fingerprint density at radius 2 is 2.14 bits per heavy atom. The maximum atomic E-state index is 13.0. The van der Waals surface area contributed by atoms with Gasteiger partial charge in [-0.3, -0.25) is 9.59 Å². The molecule has 114 valence electrons. The largest absolute Gasteiger partial charge is 0.364 e. The van der Waals surface area contributed by atoms with E-state index in [0.717, 1.165) is 32.1 Å². The van der Waals surface area contributed by atoms with E-state index in [2.05, 4.69) is 10.5 Å². The summed E-state index contributed by atoms with van der Waals surface area (Å²) in [5, 5.41) is 6.89. The van der Waals surface area contributed by atoms with E-state index in [1.54, 1.807) is 11.0 Å². The Bertz CT molecular complexity index is 520. The van der Waals surface area contributed by atoms with Gasteiger partial charge in [-0.2, -0.15) is 0 Å². The van der Waals surface area contributed by atoms with E-state index in [0.29, 0.717) is 18.7 Å². The van der Waals surface area contributed by atoms with E-state index < -0.39 is 11.6 Å². The van der Waals surface area contributed by atoms with Gasteiger partial charge in [-0.15, -0.1) is 0 Å². The predicted molar refractivity (Wildman–Crippen MR) is 75.1 cm³/mol. The van der Waals surface area contributed by atoms with Gasteiger partial charge in [-0.05, 0) is 19.3 Å². The molecule has 1 aliphatic carbocycles. The average molecular weight is 291 g/mol. The van der Waals surface area contributed by atoms with Crippen molar-refractivity contribution in [2.45, 2.75) is 63.6 Å². The van der Waals surface area contributed by atoms with Crippen molar-refractivity contribution in [3.63, 3.8) is 0 Å². The molecule has 1 aromatic rings. The third-order valence-electron chi connectivity index (χ3n) is 4.63. The van der Waals surface area contributed by atoms with E-state index in [1.165, 1.54) is 6.26 Å². The van der Waals surface area contributed by atoms with E-state index in [-0.39, 0.29) is 11.8 Å². The van der Waals surface area contributed by atoms with Gasteiger partial charge in [-0.1, -0.05) is 31.3 Å². The lowest BCUT2D eigenvalue weighted by Crippen LogP contribution is -2.70. The maximum Gasteiger partial charge on any atom is 0.249 e. The monoisotopic (exact) mass is 291 g/mol. The number of nitrogens with zero attached hydrogens (tertiary/aromatic N) is 2. The van der Waals surface area contributed by atoms with Gasteiger partial charge in [0.25, 0.3) is 0 Å². The van der Waals surface area contributed by atoms with Crippen LogP contribution in [-0.2, 0) is 16.1 Å². The molecule has 0 radical (unpaired) electrons. The molecular formula is C15H21N3O3. The maximum absolute atomic E-state index is 13.0. The van der Waals surface area contributed by atoms with Gasteiger partial charge in [0.05, 0.1) is 6.54 Å². The second-order valence-corrected chi connectivity index (χ2v) is 5.98. The second kappa shape index (κ2) is 5.50. The fourth-order valence-electron chi connectivity index (χ4n) is 3.51. The van der Waals surface area contributed by atoms with Gasteiger partial charge in [-0.25, -0.2) is 0 Å². The Morgan fingerprint density at radius 1 is 1.38 bits per heavy atom. The molecule has 2 amide bonds. The summed E-state index contributed by atoms with van der Waals surface area (Å²) >= 11 is 0. The molecule has 2 fully saturated rings. The van der Waals surface area contributed by atoms with Crippen molar-refractivity contribution in [1.29, 1.82) is 0 Å². The lowest BCUT2D eigenvalue weighted by molar-refractivity contribution is -0.157. The Labute approximate surface area is 123 Å². The minimum absolute atomic E-state index is 0.0386. The highest BCUT2D eigenvalue weighted by Crippen LogP contribution is 2.34. The molecule has 21 heavy (non-hydrogen) atoms. The van der Waals surface area contributed by atoms with E-state index in [9.17, 15) is 9.59 Å². The highest BCUT2D eigenvalue weighted by Gasteiger charge is 2.50. The van der Waals surface area contributed by atoms with Crippen molar-refractivity contribution in [3.05, 3.63) is 18.0 Å². The molecule has 1 N–H and O–H groups in total. The van der Waals surface area contributed by atoms with Crippen molar-refractivity contribution >= 4 is 11.8 Å². The normalized spacial score (nSPS) is 25.2. The van der Waals surface area contributed by atoms with E-state index >= 15 is 0 Å². The molecule has 3 rings (SSSR count). The van der Waals surface area contributed by atoms with Crippen molar-refractivity contribution in [2.24, 2.45) is 0 Å². The van der Waals surface area contributed by atoms with Gasteiger partial charge < -0.3 is 14.7 Å². The van der Waals surface area contributed by atoms with Gasteiger partial charge in [0.1, 0.15) is 23.5 Å². The molecule has 1 unspecified atom stereocenters. The summed E-state index contributed by atoms with van der Waals surface area (Å²) in [6.07, 6.45) is 6.67. The molecule has 1 spiro atoms. The number of hydrogen-bond acceptors (Lipinski definition) is 4. The van der Waals surface area contributed by atoms with Crippen LogP contribution in [0.25, 0.3) is 0 Å². The number of amides is 2. The summed E-state index contributed by atoms with van der Waals surface area (Å²) in [7, 11) is 0. The zero-order valence-electron chi connectivity index (χ0n) is 12.3. The van der Waals surface area contributed by atoms with E-state index in [1.807, 2.05) is 6.92 Å². The lowest BCUT2D eigenvalue weighted by Gasteiger charge is -2.47. The summed E-state index contributed by atoms with van der Waals surface area (Å²) < 4.78 is 4.84. The summed E-state index contributed by atoms with van der Waals surface area (Å²) in [4.78, 5) is 27.1. The molecule has 0 bridgehead atoms. The van der Waals surface area contributed by atoms with Crippen molar-refractivity contribution in [1.82, 2.24) is 15.4 Å². The topological polar surface area (TPSA) is 75.4 Å². The molecule has 6 heteroatoms. The zero-order valence-corrected chi connectivity index (χ0v) is 12.3. The number of piperazine rings is 1. The quantitative estimate of drug-likeness (QED) is 0.918. The van der Waals surface area contributed by atoms with Crippen molar-refractivity contribution < 1.29 is 14.1 Å². The molecule has 1 atom stereocenters. The van der Waals surface area contributed by atoms with Crippen molar-refractivity contribution in [2.75, 3.05) is 0 Å². The van der Waals surface area contributed by atoms with Crippen LogP contribution in [0.1, 0.15) is 51.1 Å². The van der Waals surface area contributed by atoms with Crippen LogP contribution in [0.15, 0.2) is 16.9 Å². The summed E-state index contributed by atoms with van der Waals surface area (Å²) in [6.45, 7) is 2.26. The minimum Gasteiger partial charge on any atom is -0.364 e. The number of aromatic nitrogens is 1. The van der Waals surface area contributed by atoms with Gasteiger partial charge in [0.2, 0.25) is 11.8 Å². The predicted octanol–water partition coefficient (Wildman–Crippen LogP) is 1.61. The summed E-state index contributed by atoms with van der Waals surface area (Å²) in [5.41, 5.74) is -0.00691. The second-order valence-electron chi connectivity index (χ2n) is 5.98. The molecule has 1 aliphatic heterocycles. The fourth-order valence-corrected chi connectivity index (χ4v) is 3.51. The Balaban J connectivity index is 1.88. The van der Waals surface area contributed by atoms with Gasteiger partial charge in [0, 0.05) is 6.07 Å². The molecule has 6 nitrogen and oxygen atoms in total. The van der Waals surface area contributed by atoms with Crippen LogP contribution < -0.4 is 5.32 Å². The van der Waals surface area contributed by atoms with Crippen LogP contribution in [0.2, 0.25) is 0 Å². The van der Waals surface area contributed by atoms with E-state index in [4.69, 9.17) is 4.52 Å². The van der Waals surface area contributed by atoms with Gasteiger partial charge >= 0.3 is 0 Å². The Kier molecular flexibility index (Phi) is 3.69. The molecule has 1 saturated heterocycles. The molecule has 2 aliphatic rings. The number of hydrogen-bond donors (Lipinski definition) is 1.